The molecule has 1 amide bonds. The number of amides is 1. The van der Waals surface area contributed by atoms with Gasteiger partial charge in [0.2, 0.25) is 0 Å². The molecule has 0 saturated carbocycles. The van der Waals surface area contributed by atoms with Gasteiger partial charge in [-0.3, -0.25) is 0 Å². The van der Waals surface area contributed by atoms with Gasteiger partial charge in [-0.2, -0.15) is 16.8 Å². The van der Waals surface area contributed by atoms with Crippen molar-refractivity contribution >= 4 is 24.1 Å². The van der Waals surface area contributed by atoms with Gasteiger partial charge in [0.15, 0.2) is 0 Å². The normalized spacial score (nSPS) is 10.3. The van der Waals surface area contributed by atoms with Crippen molar-refractivity contribution in [2.75, 3.05) is 12.0 Å². The highest BCUT2D eigenvalue weighted by Gasteiger charge is 1.84. The molecule has 52 valence electrons. The molecule has 0 aliphatic rings. The second kappa shape index (κ2) is 5.62. The van der Waals surface area contributed by atoms with Crippen molar-refractivity contribution in [2.45, 2.75) is 6.42 Å². The van der Waals surface area contributed by atoms with Gasteiger partial charge in [0, 0.05) is 6.21 Å². The van der Waals surface area contributed by atoms with E-state index in [1.165, 1.54) is 6.21 Å². The average molecular weight is 147 g/mol. The van der Waals surface area contributed by atoms with E-state index in [0.29, 0.717) is 0 Å². The molecule has 0 bridgehead atoms. The Bertz CT molecular complexity index is 114. The molecule has 0 aromatic rings. The van der Waals surface area contributed by atoms with Crippen molar-refractivity contribution in [2.24, 2.45) is 4.99 Å². The SMILES string of the molecule is CSCC/C=N/C(=O)O. The van der Waals surface area contributed by atoms with E-state index in [9.17, 15) is 4.79 Å². The highest BCUT2D eigenvalue weighted by atomic mass is 32.2. The summed E-state index contributed by atoms with van der Waals surface area (Å²) < 4.78 is 0. The zero-order valence-electron chi connectivity index (χ0n) is 5.20. The number of rotatable bonds is 3. The second-order valence-electron chi connectivity index (χ2n) is 1.38. The molecule has 0 unspecified atom stereocenters. The van der Waals surface area contributed by atoms with Crippen LogP contribution >= 0.6 is 11.8 Å². The summed E-state index contributed by atoms with van der Waals surface area (Å²) in [7, 11) is 0. The Labute approximate surface area is 58.2 Å². The molecular formula is C5H9NO2S. The maximum absolute atomic E-state index is 9.76. The van der Waals surface area contributed by atoms with E-state index in [1.54, 1.807) is 11.8 Å². The molecule has 0 atom stereocenters. The lowest BCUT2D eigenvalue weighted by atomic mass is 10.5. The summed E-state index contributed by atoms with van der Waals surface area (Å²) in [6, 6.07) is 0. The van der Waals surface area contributed by atoms with Gasteiger partial charge in [-0.1, -0.05) is 0 Å². The van der Waals surface area contributed by atoms with Gasteiger partial charge in [0.05, 0.1) is 0 Å². The molecule has 0 aromatic carbocycles. The third-order valence-corrected chi connectivity index (χ3v) is 1.30. The van der Waals surface area contributed by atoms with Gasteiger partial charge >= 0.3 is 6.09 Å². The van der Waals surface area contributed by atoms with Gasteiger partial charge in [-0.15, -0.1) is 0 Å². The van der Waals surface area contributed by atoms with Gasteiger partial charge in [-0.05, 0) is 18.4 Å². The maximum atomic E-state index is 9.76. The third-order valence-electron chi connectivity index (χ3n) is 0.653. The van der Waals surface area contributed by atoms with E-state index in [1.807, 2.05) is 6.26 Å². The van der Waals surface area contributed by atoms with Crippen LogP contribution in [-0.2, 0) is 0 Å². The van der Waals surface area contributed by atoms with Crippen LogP contribution in [0, 0.1) is 0 Å². The Morgan fingerprint density at radius 1 is 1.89 bits per heavy atom. The zero-order chi connectivity index (χ0) is 7.11. The lowest BCUT2D eigenvalue weighted by Crippen LogP contribution is -1.87. The molecule has 0 radical (unpaired) electrons. The Morgan fingerprint density at radius 2 is 2.56 bits per heavy atom. The van der Waals surface area contributed by atoms with Crippen LogP contribution in [0.3, 0.4) is 0 Å². The van der Waals surface area contributed by atoms with E-state index < -0.39 is 6.09 Å². The van der Waals surface area contributed by atoms with Gasteiger partial charge in [0.25, 0.3) is 0 Å². The van der Waals surface area contributed by atoms with Crippen molar-refractivity contribution in [3.8, 4) is 0 Å². The molecule has 9 heavy (non-hydrogen) atoms. The first kappa shape index (κ1) is 8.49. The molecule has 0 aliphatic carbocycles. The number of aliphatic imine (C=N–C) groups is 1. The van der Waals surface area contributed by atoms with Crippen LogP contribution in [0.25, 0.3) is 0 Å². The van der Waals surface area contributed by atoms with E-state index in [-0.39, 0.29) is 0 Å². The van der Waals surface area contributed by atoms with Gasteiger partial charge < -0.3 is 5.11 Å². The highest BCUT2D eigenvalue weighted by molar-refractivity contribution is 7.98. The largest absolute Gasteiger partial charge is 0.463 e. The highest BCUT2D eigenvalue weighted by Crippen LogP contribution is 1.91. The second-order valence-corrected chi connectivity index (χ2v) is 2.36. The zero-order valence-corrected chi connectivity index (χ0v) is 6.02. The lowest BCUT2D eigenvalue weighted by molar-refractivity contribution is 0.206. The topological polar surface area (TPSA) is 49.7 Å². The quantitative estimate of drug-likeness (QED) is 0.486. The summed E-state index contributed by atoms with van der Waals surface area (Å²) in [5.74, 6) is 0.927. The molecule has 1 N–H and O–H groups in total. The smallest absolute Gasteiger partial charge is 0.430 e. The molecule has 0 saturated heterocycles. The Kier molecular flexibility index (Phi) is 5.30. The Hall–Kier alpha value is -0.510. The fraction of sp³-hybridized carbons (Fsp3) is 0.600. The molecule has 3 nitrogen and oxygen atoms in total. The van der Waals surface area contributed by atoms with E-state index >= 15 is 0 Å². The molecule has 0 aromatic heterocycles. The minimum absolute atomic E-state index is 0.730. The minimum Gasteiger partial charge on any atom is -0.463 e. The number of carboxylic acid groups (broad SMARTS) is 1. The molecular weight excluding hydrogens is 138 g/mol. The first-order chi connectivity index (χ1) is 4.27. The monoisotopic (exact) mass is 147 g/mol. The van der Waals surface area contributed by atoms with Gasteiger partial charge in [0.1, 0.15) is 0 Å². The number of hydrogen-bond donors (Lipinski definition) is 1. The van der Waals surface area contributed by atoms with Crippen LogP contribution in [0.2, 0.25) is 0 Å². The van der Waals surface area contributed by atoms with Crippen LogP contribution in [-0.4, -0.2) is 29.4 Å². The average Bonchev–Trinajstić information content (AvgIpc) is 1.80. The van der Waals surface area contributed by atoms with E-state index in [0.717, 1.165) is 12.2 Å². The van der Waals surface area contributed by atoms with Crippen molar-refractivity contribution in [1.29, 1.82) is 0 Å². The number of thioether (sulfide) groups is 1. The third kappa shape index (κ3) is 7.49. The van der Waals surface area contributed by atoms with Gasteiger partial charge in [-0.25, -0.2) is 4.79 Å². The van der Waals surface area contributed by atoms with Crippen LogP contribution in [0.15, 0.2) is 4.99 Å². The lowest BCUT2D eigenvalue weighted by Gasteiger charge is -1.84. The molecule has 0 aliphatic heterocycles. The van der Waals surface area contributed by atoms with Crippen LogP contribution in [0.4, 0.5) is 4.79 Å². The number of hydrogen-bond acceptors (Lipinski definition) is 2. The number of carbonyl (C=O) groups is 1. The summed E-state index contributed by atoms with van der Waals surface area (Å²) in [6.07, 6.45) is 3.00. The fourth-order valence-electron chi connectivity index (χ4n) is 0.313. The fourth-order valence-corrected chi connectivity index (χ4v) is 0.654. The van der Waals surface area contributed by atoms with Crippen LogP contribution in [0.1, 0.15) is 6.42 Å². The molecule has 0 spiro atoms. The van der Waals surface area contributed by atoms with Crippen molar-refractivity contribution < 1.29 is 9.90 Å². The maximum Gasteiger partial charge on any atom is 0.430 e. The minimum atomic E-state index is -1.11. The predicted molar refractivity (Wildman–Crippen MR) is 39.5 cm³/mol. The summed E-state index contributed by atoms with van der Waals surface area (Å²) in [5.41, 5.74) is 0. The molecule has 0 heterocycles. The molecule has 4 heteroatoms. The first-order valence-corrected chi connectivity index (χ1v) is 3.91. The summed E-state index contributed by atoms with van der Waals surface area (Å²) in [6.45, 7) is 0. The Morgan fingerprint density at radius 3 is 3.00 bits per heavy atom. The van der Waals surface area contributed by atoms with Crippen LogP contribution in [0.5, 0.6) is 0 Å². The van der Waals surface area contributed by atoms with E-state index in [4.69, 9.17) is 5.11 Å². The van der Waals surface area contributed by atoms with Crippen molar-refractivity contribution in [3.05, 3.63) is 0 Å². The Balaban J connectivity index is 3.15. The summed E-state index contributed by atoms with van der Waals surface area (Å²) in [4.78, 5) is 12.9. The van der Waals surface area contributed by atoms with Crippen molar-refractivity contribution in [1.82, 2.24) is 0 Å². The molecule has 0 rings (SSSR count). The standard InChI is InChI=1S/C5H9NO2S/c1-9-4-2-3-6-5(7)8/h3H,2,4H2,1H3,(H,7,8)/b6-3+. The van der Waals surface area contributed by atoms with Crippen LogP contribution < -0.4 is 0 Å². The first-order valence-electron chi connectivity index (χ1n) is 2.51. The number of nitrogens with zero attached hydrogens (tertiary/aromatic N) is 1. The summed E-state index contributed by atoms with van der Waals surface area (Å²) in [5, 5.41) is 8.01. The van der Waals surface area contributed by atoms with E-state index in [2.05, 4.69) is 4.99 Å². The van der Waals surface area contributed by atoms with Crippen molar-refractivity contribution in [3.63, 3.8) is 0 Å². The summed E-state index contributed by atoms with van der Waals surface area (Å²) >= 11 is 1.67. The predicted octanol–water partition coefficient (Wildman–Crippen LogP) is 1.49. The molecule has 0 fully saturated rings.